The van der Waals surface area contributed by atoms with Gasteiger partial charge in [0.15, 0.2) is 11.5 Å². The number of rotatable bonds is 7. The van der Waals surface area contributed by atoms with Crippen molar-refractivity contribution >= 4 is 23.8 Å². The summed E-state index contributed by atoms with van der Waals surface area (Å²) in [5.41, 5.74) is 13.7. The van der Waals surface area contributed by atoms with Gasteiger partial charge in [0, 0.05) is 62.5 Å². The van der Waals surface area contributed by atoms with Crippen molar-refractivity contribution in [2.24, 2.45) is 16.5 Å². The van der Waals surface area contributed by atoms with E-state index in [0.29, 0.717) is 41.6 Å². The Balaban J connectivity index is 1.61. The number of nitrogens with zero attached hydrogens (tertiary/aromatic N) is 6. The maximum Gasteiger partial charge on any atom is 0.254 e. The second-order valence-electron chi connectivity index (χ2n) is 7.27. The van der Waals surface area contributed by atoms with Crippen molar-refractivity contribution in [3.8, 4) is 6.07 Å². The van der Waals surface area contributed by atoms with E-state index in [-0.39, 0.29) is 5.56 Å². The van der Waals surface area contributed by atoms with Crippen molar-refractivity contribution in [3.63, 3.8) is 0 Å². The van der Waals surface area contributed by atoms with Crippen molar-refractivity contribution in [1.29, 1.82) is 5.26 Å². The average Bonchev–Trinajstić information content (AvgIpc) is 2.80. The summed E-state index contributed by atoms with van der Waals surface area (Å²) in [6.45, 7) is 5.51. The van der Waals surface area contributed by atoms with Crippen LogP contribution in [0.3, 0.4) is 0 Å². The van der Waals surface area contributed by atoms with Gasteiger partial charge in [-0.3, -0.25) is 9.69 Å². The molecule has 1 fully saturated rings. The maximum atomic E-state index is 11.9. The van der Waals surface area contributed by atoms with Crippen LogP contribution in [-0.4, -0.2) is 58.8 Å². The first-order valence-corrected chi connectivity index (χ1v) is 10.4. The molecular formula is C22H27N9O. The van der Waals surface area contributed by atoms with E-state index >= 15 is 0 Å². The Labute approximate surface area is 186 Å². The SMILES string of the molecule is CCc1cnc(/C=C(\N)CN2CCN(c3ccc(N=C/C=C\N)nc3C#N)CC2)[nH]c1=O. The predicted molar refractivity (Wildman–Crippen MR) is 125 cm³/mol. The molecule has 166 valence electrons. The molecule has 0 bridgehead atoms. The molecule has 5 N–H and O–H groups in total. The van der Waals surface area contributed by atoms with Crippen LogP contribution in [0.1, 0.15) is 24.0 Å². The number of piperazine rings is 1. The number of hydrogen-bond acceptors (Lipinski definition) is 9. The molecule has 1 aliphatic rings. The molecule has 2 aromatic rings. The number of aryl methyl sites for hydroxylation is 1. The number of aromatic nitrogens is 3. The summed E-state index contributed by atoms with van der Waals surface area (Å²) in [6, 6.07) is 5.81. The topological polar surface area (TPSA) is 153 Å². The average molecular weight is 434 g/mol. The number of pyridine rings is 1. The zero-order valence-electron chi connectivity index (χ0n) is 18.0. The Hall–Kier alpha value is -3.97. The van der Waals surface area contributed by atoms with Gasteiger partial charge < -0.3 is 21.4 Å². The van der Waals surface area contributed by atoms with Crippen LogP contribution in [0, 0.1) is 11.3 Å². The molecular weight excluding hydrogens is 406 g/mol. The zero-order valence-corrected chi connectivity index (χ0v) is 18.0. The lowest BCUT2D eigenvalue weighted by Gasteiger charge is -2.36. The van der Waals surface area contributed by atoms with E-state index in [1.807, 2.05) is 13.0 Å². The summed E-state index contributed by atoms with van der Waals surface area (Å²) < 4.78 is 0. The molecule has 10 nitrogen and oxygen atoms in total. The van der Waals surface area contributed by atoms with Crippen LogP contribution >= 0.6 is 0 Å². The van der Waals surface area contributed by atoms with E-state index in [1.54, 1.807) is 24.4 Å². The normalized spacial score (nSPS) is 15.5. The molecule has 0 radical (unpaired) electrons. The molecule has 0 atom stereocenters. The summed E-state index contributed by atoms with van der Waals surface area (Å²) in [6.07, 6.45) is 8.42. The molecule has 0 spiro atoms. The van der Waals surface area contributed by atoms with E-state index in [1.165, 1.54) is 12.4 Å². The zero-order chi connectivity index (χ0) is 22.9. The highest BCUT2D eigenvalue weighted by atomic mass is 16.1. The van der Waals surface area contributed by atoms with Gasteiger partial charge in [-0.25, -0.2) is 15.0 Å². The number of aliphatic imine (C=N–C) groups is 1. The quantitative estimate of drug-likeness (QED) is 0.544. The largest absolute Gasteiger partial charge is 0.405 e. The number of H-pyrrole nitrogens is 1. The van der Waals surface area contributed by atoms with Crippen molar-refractivity contribution in [2.75, 3.05) is 37.6 Å². The molecule has 10 heteroatoms. The summed E-state index contributed by atoms with van der Waals surface area (Å²) in [5.74, 6) is 0.913. The van der Waals surface area contributed by atoms with Crippen molar-refractivity contribution in [2.45, 2.75) is 13.3 Å². The molecule has 3 rings (SSSR count). The van der Waals surface area contributed by atoms with Gasteiger partial charge in [-0.15, -0.1) is 0 Å². The van der Waals surface area contributed by atoms with E-state index in [9.17, 15) is 10.1 Å². The van der Waals surface area contributed by atoms with E-state index < -0.39 is 0 Å². The van der Waals surface area contributed by atoms with Crippen LogP contribution in [0.4, 0.5) is 11.5 Å². The third-order valence-corrected chi connectivity index (χ3v) is 5.08. The van der Waals surface area contributed by atoms with Gasteiger partial charge >= 0.3 is 0 Å². The molecule has 0 aliphatic carbocycles. The molecule has 32 heavy (non-hydrogen) atoms. The fourth-order valence-corrected chi connectivity index (χ4v) is 3.41. The van der Waals surface area contributed by atoms with Crippen LogP contribution in [0.25, 0.3) is 6.08 Å². The van der Waals surface area contributed by atoms with Crippen molar-refractivity contribution in [1.82, 2.24) is 19.9 Å². The number of aromatic amines is 1. The molecule has 0 aromatic carbocycles. The van der Waals surface area contributed by atoms with Crippen LogP contribution < -0.4 is 21.9 Å². The number of allylic oxidation sites excluding steroid dienone is 1. The van der Waals surface area contributed by atoms with Gasteiger partial charge in [0.2, 0.25) is 0 Å². The minimum absolute atomic E-state index is 0.135. The monoisotopic (exact) mass is 433 g/mol. The number of nitriles is 1. The van der Waals surface area contributed by atoms with Crippen molar-refractivity contribution < 1.29 is 0 Å². The summed E-state index contributed by atoms with van der Waals surface area (Å²) in [5, 5.41) is 9.52. The van der Waals surface area contributed by atoms with Gasteiger partial charge in [-0.2, -0.15) is 5.26 Å². The second kappa shape index (κ2) is 10.9. The fraction of sp³-hybridized carbons (Fsp3) is 0.318. The third-order valence-electron chi connectivity index (χ3n) is 5.08. The Morgan fingerprint density at radius 2 is 2.12 bits per heavy atom. The Bertz CT molecular complexity index is 1120. The van der Waals surface area contributed by atoms with E-state index in [2.05, 4.69) is 35.8 Å². The summed E-state index contributed by atoms with van der Waals surface area (Å²) in [4.78, 5) is 31.8. The smallest absolute Gasteiger partial charge is 0.254 e. The molecule has 1 aliphatic heterocycles. The highest BCUT2D eigenvalue weighted by Gasteiger charge is 2.20. The second-order valence-corrected chi connectivity index (χ2v) is 7.27. The van der Waals surface area contributed by atoms with E-state index in [0.717, 1.165) is 31.9 Å². The van der Waals surface area contributed by atoms with Gasteiger partial charge in [-0.1, -0.05) is 6.92 Å². The molecule has 0 amide bonds. The standard InChI is InChI=1S/C22H27N9O/c1-2-16-14-27-21(29-22(16)32)12-17(25)15-30-8-10-31(11-9-30)19-4-5-20(26-7-3-6-23)28-18(19)13-24/h3-7,12,14H,2,8-11,15,23,25H2,1H3,(H,27,29,32)/b6-3-,17-12-,26-7?. The van der Waals surface area contributed by atoms with Gasteiger partial charge in [0.1, 0.15) is 11.9 Å². The molecule has 2 aromatic heterocycles. The van der Waals surface area contributed by atoms with Gasteiger partial charge in [0.25, 0.3) is 5.56 Å². The highest BCUT2D eigenvalue weighted by molar-refractivity contribution is 5.74. The number of nitrogens with two attached hydrogens (primary N) is 2. The maximum absolute atomic E-state index is 11.9. The Kier molecular flexibility index (Phi) is 7.72. The summed E-state index contributed by atoms with van der Waals surface area (Å²) in [7, 11) is 0. The lowest BCUT2D eigenvalue weighted by molar-refractivity contribution is 0.278. The number of anilines is 1. The fourth-order valence-electron chi connectivity index (χ4n) is 3.41. The summed E-state index contributed by atoms with van der Waals surface area (Å²) >= 11 is 0. The minimum Gasteiger partial charge on any atom is -0.405 e. The molecule has 3 heterocycles. The predicted octanol–water partition coefficient (Wildman–Crippen LogP) is 0.895. The lowest BCUT2D eigenvalue weighted by atomic mass is 10.2. The first-order chi connectivity index (χ1) is 15.5. The Morgan fingerprint density at radius 3 is 2.78 bits per heavy atom. The molecule has 0 unspecified atom stereocenters. The third kappa shape index (κ3) is 5.80. The van der Waals surface area contributed by atoms with Gasteiger partial charge in [0.05, 0.1) is 5.69 Å². The number of hydrogen-bond donors (Lipinski definition) is 3. The first-order valence-electron chi connectivity index (χ1n) is 10.4. The molecule has 1 saturated heterocycles. The first kappa shape index (κ1) is 22.7. The van der Waals surface area contributed by atoms with Gasteiger partial charge in [-0.05, 0) is 30.8 Å². The van der Waals surface area contributed by atoms with Crippen molar-refractivity contribution in [3.05, 3.63) is 63.7 Å². The Morgan fingerprint density at radius 1 is 1.34 bits per heavy atom. The van der Waals surface area contributed by atoms with Crippen LogP contribution in [-0.2, 0) is 6.42 Å². The van der Waals surface area contributed by atoms with Crippen LogP contribution in [0.2, 0.25) is 0 Å². The minimum atomic E-state index is -0.135. The van der Waals surface area contributed by atoms with E-state index in [4.69, 9.17) is 11.5 Å². The van der Waals surface area contributed by atoms with Crippen LogP contribution in [0.15, 0.2) is 46.1 Å². The van der Waals surface area contributed by atoms with Crippen LogP contribution in [0.5, 0.6) is 0 Å². The number of nitrogens with one attached hydrogen (secondary N) is 1. The highest BCUT2D eigenvalue weighted by Crippen LogP contribution is 2.23. The lowest BCUT2D eigenvalue weighted by Crippen LogP contribution is -2.47. The molecule has 0 saturated carbocycles.